The van der Waals surface area contributed by atoms with Gasteiger partial charge in [-0.1, -0.05) is 82.1 Å². The number of thiol groups is 1. The van der Waals surface area contributed by atoms with Crippen molar-refractivity contribution in [2.45, 2.75) is 65.8 Å². The molecule has 0 aliphatic carbocycles. The lowest BCUT2D eigenvalue weighted by Gasteiger charge is -2.28. The predicted molar refractivity (Wildman–Crippen MR) is 162 cm³/mol. The average molecular weight is 580 g/mol. The van der Waals surface area contributed by atoms with E-state index in [-0.39, 0.29) is 30.4 Å². The summed E-state index contributed by atoms with van der Waals surface area (Å²) >= 11 is 4.35. The van der Waals surface area contributed by atoms with E-state index in [0.29, 0.717) is 37.0 Å². The summed E-state index contributed by atoms with van der Waals surface area (Å²) in [5.41, 5.74) is 3.69. The highest BCUT2D eigenvalue weighted by Crippen LogP contribution is 2.30. The fourth-order valence-electron chi connectivity index (χ4n) is 5.04. The molecule has 41 heavy (non-hydrogen) atoms. The van der Waals surface area contributed by atoms with Crippen LogP contribution in [0, 0.1) is 17.8 Å². The molecule has 1 aromatic heterocycles. The van der Waals surface area contributed by atoms with Crippen LogP contribution in [0.3, 0.4) is 0 Å². The molecular weight excluding hydrogens is 538 g/mol. The fraction of sp³-hybridized carbons (Fsp3) is 0.484. The van der Waals surface area contributed by atoms with Gasteiger partial charge in [-0.2, -0.15) is 17.8 Å². The topological polar surface area (TPSA) is 129 Å². The van der Waals surface area contributed by atoms with Crippen LogP contribution in [0.1, 0.15) is 64.9 Å². The third-order valence-corrected chi connectivity index (χ3v) is 7.59. The Kier molecular flexibility index (Phi) is 12.5. The maximum Gasteiger partial charge on any atom is 0.304 e. The standard InChI is InChI=1S/C31H41N5O4S/c1-4-5-8-15-36(31(40)24(18-29(38)39)17-28(37)25(20-41)16-21(2)3)19-22-11-13-23(14-12-22)26-9-6-7-10-27(26)30-32-34-35-33-30/h6-7,9-14,21,24-25,41H,4-5,8,15-20H2,1-3H3,(H,38,39)(H,32,33,34,35)/t24-,25?/m0/s1. The molecule has 0 spiro atoms. The minimum Gasteiger partial charge on any atom is -0.481 e. The molecule has 220 valence electrons. The first kappa shape index (κ1) is 32.0. The van der Waals surface area contributed by atoms with Crippen LogP contribution in [-0.4, -0.2) is 60.6 Å². The number of nitrogens with zero attached hydrogens (tertiary/aromatic N) is 4. The number of ketones is 1. The first-order chi connectivity index (χ1) is 19.7. The Labute approximate surface area is 247 Å². The van der Waals surface area contributed by atoms with Crippen LogP contribution in [0.15, 0.2) is 48.5 Å². The van der Waals surface area contributed by atoms with Crippen LogP contribution in [0.2, 0.25) is 0 Å². The van der Waals surface area contributed by atoms with Crippen LogP contribution in [0.4, 0.5) is 0 Å². The largest absolute Gasteiger partial charge is 0.481 e. The van der Waals surface area contributed by atoms with Gasteiger partial charge < -0.3 is 10.0 Å². The molecule has 3 rings (SSSR count). The predicted octanol–water partition coefficient (Wildman–Crippen LogP) is 5.69. The third-order valence-electron chi connectivity index (χ3n) is 7.14. The second-order valence-electron chi connectivity index (χ2n) is 10.9. The number of carboxylic acid groups (broad SMARTS) is 1. The Bertz CT molecular complexity index is 1260. The first-order valence-electron chi connectivity index (χ1n) is 14.3. The van der Waals surface area contributed by atoms with Gasteiger partial charge >= 0.3 is 5.97 Å². The zero-order valence-corrected chi connectivity index (χ0v) is 25.0. The maximum atomic E-state index is 13.8. The Morgan fingerprint density at radius 1 is 0.976 bits per heavy atom. The van der Waals surface area contributed by atoms with Gasteiger partial charge in [-0.3, -0.25) is 14.4 Å². The van der Waals surface area contributed by atoms with Gasteiger partial charge in [0.1, 0.15) is 5.78 Å². The first-order valence-corrected chi connectivity index (χ1v) is 14.9. The van der Waals surface area contributed by atoms with Crippen molar-refractivity contribution in [2.75, 3.05) is 12.3 Å². The molecule has 9 nitrogen and oxygen atoms in total. The van der Waals surface area contributed by atoms with E-state index >= 15 is 0 Å². The van der Waals surface area contributed by atoms with E-state index in [9.17, 15) is 19.5 Å². The molecule has 0 aliphatic heterocycles. The van der Waals surface area contributed by atoms with Gasteiger partial charge in [0.2, 0.25) is 11.7 Å². The highest BCUT2D eigenvalue weighted by atomic mass is 32.1. The molecule has 10 heteroatoms. The Morgan fingerprint density at radius 2 is 1.68 bits per heavy atom. The van der Waals surface area contributed by atoms with Crippen LogP contribution < -0.4 is 0 Å². The third kappa shape index (κ3) is 9.52. The number of tetrazole rings is 1. The Morgan fingerprint density at radius 3 is 2.27 bits per heavy atom. The quantitative estimate of drug-likeness (QED) is 0.138. The molecule has 2 atom stereocenters. The minimum atomic E-state index is -1.08. The summed E-state index contributed by atoms with van der Waals surface area (Å²) in [4.78, 5) is 40.3. The van der Waals surface area contributed by atoms with Gasteiger partial charge in [0.05, 0.1) is 12.3 Å². The number of amides is 1. The lowest BCUT2D eigenvalue weighted by molar-refractivity contribution is -0.146. The number of rotatable bonds is 17. The molecule has 3 aromatic rings. The van der Waals surface area contributed by atoms with Gasteiger partial charge in [0.15, 0.2) is 0 Å². The molecule has 2 aromatic carbocycles. The molecule has 1 amide bonds. The van der Waals surface area contributed by atoms with E-state index in [2.05, 4.69) is 40.2 Å². The summed E-state index contributed by atoms with van der Waals surface area (Å²) in [6.45, 7) is 7.00. The van der Waals surface area contributed by atoms with Crippen LogP contribution in [-0.2, 0) is 20.9 Å². The van der Waals surface area contributed by atoms with E-state index in [1.165, 1.54) is 0 Å². The Balaban J connectivity index is 1.82. The number of carbonyl (C=O) groups is 3. The zero-order chi connectivity index (χ0) is 29.8. The Hall–Kier alpha value is -3.53. The number of hydrogen-bond donors (Lipinski definition) is 3. The van der Waals surface area contributed by atoms with Gasteiger partial charge in [0.25, 0.3) is 0 Å². The molecule has 0 saturated heterocycles. The van der Waals surface area contributed by atoms with Crippen LogP contribution >= 0.6 is 12.6 Å². The van der Waals surface area contributed by atoms with Crippen molar-refractivity contribution in [3.63, 3.8) is 0 Å². The number of aliphatic carboxylic acids is 1. The normalized spacial score (nSPS) is 12.7. The molecule has 2 N–H and O–H groups in total. The number of H-pyrrole nitrogens is 1. The van der Waals surface area contributed by atoms with Crippen molar-refractivity contribution in [1.29, 1.82) is 0 Å². The molecule has 0 aliphatic rings. The summed E-state index contributed by atoms with van der Waals surface area (Å²) < 4.78 is 0. The number of carboxylic acids is 1. The number of aromatic amines is 1. The van der Waals surface area contributed by atoms with Crippen molar-refractivity contribution >= 4 is 30.3 Å². The monoisotopic (exact) mass is 579 g/mol. The van der Waals surface area contributed by atoms with E-state index < -0.39 is 11.9 Å². The number of Topliss-reactive ketones (excluding diaryl/α,β-unsaturated/α-hetero) is 1. The lowest BCUT2D eigenvalue weighted by Crippen LogP contribution is -2.39. The number of unbranched alkanes of at least 4 members (excludes halogenated alkanes) is 2. The number of hydrogen-bond acceptors (Lipinski definition) is 7. The van der Waals surface area contributed by atoms with E-state index in [0.717, 1.165) is 41.5 Å². The highest BCUT2D eigenvalue weighted by molar-refractivity contribution is 7.80. The SMILES string of the molecule is CCCCCN(Cc1ccc(-c2ccccc2-c2nn[nH]n2)cc1)C(=O)[C@H](CC(=O)O)CC(=O)C(CS)CC(C)C. The number of aromatic nitrogens is 4. The second-order valence-corrected chi connectivity index (χ2v) is 11.3. The van der Waals surface area contributed by atoms with Gasteiger partial charge in [-0.15, -0.1) is 10.2 Å². The lowest BCUT2D eigenvalue weighted by atomic mass is 9.87. The summed E-state index contributed by atoms with van der Waals surface area (Å²) in [7, 11) is 0. The van der Waals surface area contributed by atoms with Gasteiger partial charge in [0, 0.05) is 31.0 Å². The van der Waals surface area contributed by atoms with E-state index in [4.69, 9.17) is 0 Å². The summed E-state index contributed by atoms with van der Waals surface area (Å²) in [5.74, 6) is -1.47. The molecule has 1 heterocycles. The molecule has 0 fully saturated rings. The smallest absolute Gasteiger partial charge is 0.304 e. The van der Waals surface area contributed by atoms with Crippen molar-refractivity contribution in [3.05, 3.63) is 54.1 Å². The van der Waals surface area contributed by atoms with Crippen molar-refractivity contribution in [1.82, 2.24) is 25.5 Å². The molecule has 1 unspecified atom stereocenters. The van der Waals surface area contributed by atoms with Crippen LogP contribution in [0.25, 0.3) is 22.5 Å². The summed E-state index contributed by atoms with van der Waals surface area (Å²) in [5, 5.41) is 24.0. The van der Waals surface area contributed by atoms with Gasteiger partial charge in [-0.05, 0) is 46.4 Å². The molecule has 0 saturated carbocycles. The molecule has 0 bridgehead atoms. The highest BCUT2D eigenvalue weighted by Gasteiger charge is 2.31. The summed E-state index contributed by atoms with van der Waals surface area (Å²) in [6, 6.07) is 15.7. The maximum absolute atomic E-state index is 13.8. The number of benzene rings is 2. The van der Waals surface area contributed by atoms with E-state index in [1.54, 1.807) is 4.90 Å². The minimum absolute atomic E-state index is 0.0842. The zero-order valence-electron chi connectivity index (χ0n) is 24.1. The van der Waals surface area contributed by atoms with Crippen molar-refractivity contribution in [2.24, 2.45) is 17.8 Å². The molecule has 0 radical (unpaired) electrons. The van der Waals surface area contributed by atoms with E-state index in [1.807, 2.05) is 62.4 Å². The molecular formula is C31H41N5O4S. The fourth-order valence-corrected chi connectivity index (χ4v) is 5.39. The number of carbonyl (C=O) groups excluding carboxylic acids is 2. The average Bonchev–Trinajstić information content (AvgIpc) is 3.50. The second kappa shape index (κ2) is 16.0. The van der Waals surface area contributed by atoms with Crippen LogP contribution in [0.5, 0.6) is 0 Å². The number of nitrogens with one attached hydrogen (secondary N) is 1. The van der Waals surface area contributed by atoms with Gasteiger partial charge in [-0.25, -0.2) is 0 Å². The van der Waals surface area contributed by atoms with Crippen molar-refractivity contribution < 1.29 is 19.5 Å². The van der Waals surface area contributed by atoms with Crippen molar-refractivity contribution in [3.8, 4) is 22.5 Å². The summed E-state index contributed by atoms with van der Waals surface area (Å²) in [6.07, 6.45) is 2.96.